The van der Waals surface area contributed by atoms with Gasteiger partial charge in [0.2, 0.25) is 0 Å². The summed E-state index contributed by atoms with van der Waals surface area (Å²) in [6.45, 7) is 9.55. The first-order valence-electron chi connectivity index (χ1n) is 7.88. The van der Waals surface area contributed by atoms with Crippen LogP contribution < -0.4 is 5.32 Å². The van der Waals surface area contributed by atoms with E-state index < -0.39 is 0 Å². The van der Waals surface area contributed by atoms with E-state index in [0.29, 0.717) is 12.1 Å². The van der Waals surface area contributed by atoms with Crippen LogP contribution in [-0.4, -0.2) is 43.8 Å². The minimum Gasteiger partial charge on any atom is -0.379 e. The second-order valence-corrected chi connectivity index (χ2v) is 6.27. The average molecular weight is 274 g/mol. The molecule has 2 unspecified atom stereocenters. The Morgan fingerprint density at radius 3 is 2.95 bits per heavy atom. The van der Waals surface area contributed by atoms with Gasteiger partial charge in [-0.1, -0.05) is 23.8 Å². The molecule has 0 saturated carbocycles. The molecule has 110 valence electrons. The van der Waals surface area contributed by atoms with Gasteiger partial charge in [0.15, 0.2) is 0 Å². The van der Waals surface area contributed by atoms with Crippen molar-refractivity contribution in [3.8, 4) is 0 Å². The molecule has 1 N–H and O–H groups in total. The Kier molecular flexibility index (Phi) is 4.39. The quantitative estimate of drug-likeness (QED) is 0.912. The molecule has 20 heavy (non-hydrogen) atoms. The maximum Gasteiger partial charge on any atom is 0.0594 e. The number of rotatable bonds is 4. The van der Waals surface area contributed by atoms with Crippen LogP contribution in [-0.2, 0) is 11.2 Å². The van der Waals surface area contributed by atoms with Gasteiger partial charge in [0.25, 0.3) is 0 Å². The highest BCUT2D eigenvalue weighted by Crippen LogP contribution is 2.32. The van der Waals surface area contributed by atoms with Crippen LogP contribution in [0.15, 0.2) is 18.2 Å². The highest BCUT2D eigenvalue weighted by atomic mass is 16.5. The third kappa shape index (κ3) is 3.22. The van der Waals surface area contributed by atoms with E-state index in [0.717, 1.165) is 32.8 Å². The molecule has 0 radical (unpaired) electrons. The van der Waals surface area contributed by atoms with Crippen molar-refractivity contribution in [2.75, 3.05) is 32.8 Å². The number of benzene rings is 1. The van der Waals surface area contributed by atoms with Crippen LogP contribution in [0, 0.1) is 6.92 Å². The number of hydrogen-bond acceptors (Lipinski definition) is 3. The zero-order valence-electron chi connectivity index (χ0n) is 12.7. The molecule has 0 bridgehead atoms. The molecular formula is C17H26N2O. The summed E-state index contributed by atoms with van der Waals surface area (Å²) < 4.78 is 5.41. The lowest BCUT2D eigenvalue weighted by molar-refractivity contribution is 0.0338. The van der Waals surface area contributed by atoms with Crippen LogP contribution in [0.1, 0.15) is 36.1 Å². The van der Waals surface area contributed by atoms with Gasteiger partial charge in [-0.3, -0.25) is 4.90 Å². The Bertz CT molecular complexity index is 454. The Morgan fingerprint density at radius 1 is 1.35 bits per heavy atom. The average Bonchev–Trinajstić information content (AvgIpc) is 2.82. The van der Waals surface area contributed by atoms with E-state index in [9.17, 15) is 0 Å². The summed E-state index contributed by atoms with van der Waals surface area (Å²) in [6, 6.07) is 7.98. The third-order valence-electron chi connectivity index (χ3n) is 4.50. The second kappa shape index (κ2) is 6.25. The molecule has 1 aliphatic carbocycles. The lowest BCUT2D eigenvalue weighted by Gasteiger charge is -2.30. The van der Waals surface area contributed by atoms with Gasteiger partial charge in [0.05, 0.1) is 13.2 Å². The zero-order valence-corrected chi connectivity index (χ0v) is 12.7. The van der Waals surface area contributed by atoms with Gasteiger partial charge in [0.1, 0.15) is 0 Å². The van der Waals surface area contributed by atoms with Gasteiger partial charge < -0.3 is 10.1 Å². The summed E-state index contributed by atoms with van der Waals surface area (Å²) in [5, 5.41) is 3.83. The summed E-state index contributed by atoms with van der Waals surface area (Å²) in [4.78, 5) is 2.51. The van der Waals surface area contributed by atoms with Crippen LogP contribution in [0.5, 0.6) is 0 Å². The normalized spacial score (nSPS) is 24.6. The van der Waals surface area contributed by atoms with E-state index in [1.165, 1.54) is 29.5 Å². The smallest absolute Gasteiger partial charge is 0.0594 e. The zero-order chi connectivity index (χ0) is 13.9. The molecule has 1 heterocycles. The van der Waals surface area contributed by atoms with E-state index in [1.54, 1.807) is 0 Å². The molecular weight excluding hydrogens is 248 g/mol. The van der Waals surface area contributed by atoms with Gasteiger partial charge in [-0.25, -0.2) is 0 Å². The predicted molar refractivity (Wildman–Crippen MR) is 82.1 cm³/mol. The SMILES string of the molecule is Cc1ccc2c(c1)C(NC(C)CN1CCOCC1)CC2. The van der Waals surface area contributed by atoms with Crippen LogP contribution >= 0.6 is 0 Å². The number of morpholine rings is 1. The minimum absolute atomic E-state index is 0.532. The van der Waals surface area contributed by atoms with Crippen LogP contribution in [0.2, 0.25) is 0 Å². The van der Waals surface area contributed by atoms with Crippen molar-refractivity contribution in [3.05, 3.63) is 34.9 Å². The number of ether oxygens (including phenoxy) is 1. The molecule has 0 amide bonds. The number of hydrogen-bond donors (Lipinski definition) is 1. The molecule has 1 aliphatic heterocycles. The lowest BCUT2D eigenvalue weighted by Crippen LogP contribution is -2.45. The minimum atomic E-state index is 0.532. The molecule has 1 aromatic rings. The topological polar surface area (TPSA) is 24.5 Å². The van der Waals surface area contributed by atoms with E-state index >= 15 is 0 Å². The maximum absolute atomic E-state index is 5.41. The van der Waals surface area contributed by atoms with Gasteiger partial charge in [-0.15, -0.1) is 0 Å². The largest absolute Gasteiger partial charge is 0.379 e. The Balaban J connectivity index is 1.57. The van der Waals surface area contributed by atoms with E-state index in [1.807, 2.05) is 0 Å². The molecule has 1 fully saturated rings. The van der Waals surface area contributed by atoms with Crippen LogP contribution in [0.25, 0.3) is 0 Å². The molecule has 0 aromatic heterocycles. The summed E-state index contributed by atoms with van der Waals surface area (Å²) in [7, 11) is 0. The molecule has 2 aliphatic rings. The Morgan fingerprint density at radius 2 is 2.15 bits per heavy atom. The number of nitrogens with zero attached hydrogens (tertiary/aromatic N) is 1. The first-order chi connectivity index (χ1) is 9.72. The molecule has 3 nitrogen and oxygen atoms in total. The molecule has 1 saturated heterocycles. The highest BCUT2D eigenvalue weighted by Gasteiger charge is 2.24. The van der Waals surface area contributed by atoms with Crippen molar-refractivity contribution in [2.45, 2.75) is 38.8 Å². The lowest BCUT2D eigenvalue weighted by atomic mass is 10.0. The molecule has 1 aromatic carbocycles. The summed E-state index contributed by atoms with van der Waals surface area (Å²) in [5.41, 5.74) is 4.43. The third-order valence-corrected chi connectivity index (χ3v) is 4.50. The predicted octanol–water partition coefficient (Wildman–Crippen LogP) is 2.29. The fourth-order valence-corrected chi connectivity index (χ4v) is 3.46. The fourth-order valence-electron chi connectivity index (χ4n) is 3.46. The summed E-state index contributed by atoms with van der Waals surface area (Å²) in [5.74, 6) is 0. The summed E-state index contributed by atoms with van der Waals surface area (Å²) >= 11 is 0. The standard InChI is InChI=1S/C17H26N2O/c1-13-3-4-15-5-6-17(16(15)11-13)18-14(2)12-19-7-9-20-10-8-19/h3-4,11,14,17-18H,5-10,12H2,1-2H3. The van der Waals surface area contributed by atoms with E-state index in [-0.39, 0.29) is 0 Å². The number of nitrogens with one attached hydrogen (secondary N) is 1. The van der Waals surface area contributed by atoms with Crippen molar-refractivity contribution in [2.24, 2.45) is 0 Å². The van der Waals surface area contributed by atoms with Crippen molar-refractivity contribution < 1.29 is 4.74 Å². The Hall–Kier alpha value is -0.900. The maximum atomic E-state index is 5.41. The first kappa shape index (κ1) is 14.1. The number of fused-ring (bicyclic) bond motifs is 1. The monoisotopic (exact) mass is 274 g/mol. The fraction of sp³-hybridized carbons (Fsp3) is 0.647. The van der Waals surface area contributed by atoms with Gasteiger partial charge in [0, 0.05) is 31.7 Å². The highest BCUT2D eigenvalue weighted by molar-refractivity contribution is 5.37. The second-order valence-electron chi connectivity index (χ2n) is 6.27. The van der Waals surface area contributed by atoms with Crippen LogP contribution in [0.3, 0.4) is 0 Å². The van der Waals surface area contributed by atoms with Gasteiger partial charge >= 0.3 is 0 Å². The van der Waals surface area contributed by atoms with Crippen molar-refractivity contribution in [1.82, 2.24) is 10.2 Å². The van der Waals surface area contributed by atoms with Gasteiger partial charge in [-0.2, -0.15) is 0 Å². The van der Waals surface area contributed by atoms with Crippen molar-refractivity contribution >= 4 is 0 Å². The first-order valence-corrected chi connectivity index (χ1v) is 7.88. The van der Waals surface area contributed by atoms with Gasteiger partial charge in [-0.05, 0) is 37.8 Å². The van der Waals surface area contributed by atoms with Crippen molar-refractivity contribution in [3.63, 3.8) is 0 Å². The van der Waals surface area contributed by atoms with Crippen LogP contribution in [0.4, 0.5) is 0 Å². The molecule has 3 heteroatoms. The molecule has 0 spiro atoms. The Labute approximate surface area is 122 Å². The number of aryl methyl sites for hydroxylation is 2. The van der Waals surface area contributed by atoms with Crippen molar-refractivity contribution in [1.29, 1.82) is 0 Å². The summed E-state index contributed by atoms with van der Waals surface area (Å²) in [6.07, 6.45) is 2.46. The van der Waals surface area contributed by atoms with E-state index in [2.05, 4.69) is 42.3 Å². The molecule has 2 atom stereocenters. The van der Waals surface area contributed by atoms with E-state index in [4.69, 9.17) is 4.74 Å². The molecule has 3 rings (SSSR count).